The number of hydrogen-bond donors (Lipinski definition) is 0. The molecule has 0 bridgehead atoms. The van der Waals surface area contributed by atoms with Gasteiger partial charge in [-0.25, -0.2) is 0 Å². The molecule has 2 aliphatic rings. The highest BCUT2D eigenvalue weighted by Gasteiger charge is 2.27. The summed E-state index contributed by atoms with van der Waals surface area (Å²) in [5.74, 6) is 0.523. The zero-order chi connectivity index (χ0) is 28.9. The summed E-state index contributed by atoms with van der Waals surface area (Å²) >= 11 is 0. The van der Waals surface area contributed by atoms with Crippen LogP contribution in [0, 0.1) is 16.7 Å². The molecular weight excluding hydrogens is 468 g/mol. The van der Waals surface area contributed by atoms with Crippen LogP contribution < -0.4 is 0 Å². The maximum absolute atomic E-state index is 2.37. The van der Waals surface area contributed by atoms with Gasteiger partial charge in [0.1, 0.15) is 0 Å². The van der Waals surface area contributed by atoms with Crippen LogP contribution in [0.1, 0.15) is 94.4 Å². The fourth-order valence-electron chi connectivity index (χ4n) is 5.27. The summed E-state index contributed by atoms with van der Waals surface area (Å²) in [6.45, 7) is 20.4. The Hall–Kier alpha value is -2.86. The molecule has 0 spiro atoms. The van der Waals surface area contributed by atoms with Crippen LogP contribution in [0.3, 0.4) is 0 Å². The Balaban J connectivity index is 1.86. The molecule has 0 fully saturated rings. The molecule has 0 amide bonds. The summed E-state index contributed by atoms with van der Waals surface area (Å²) in [5.41, 5.74) is 8.72. The molecule has 0 aromatic carbocycles. The predicted octanol–water partition coefficient (Wildman–Crippen LogP) is 12.1. The van der Waals surface area contributed by atoms with Crippen LogP contribution in [0.5, 0.6) is 0 Å². The van der Waals surface area contributed by atoms with Gasteiger partial charge in [-0.2, -0.15) is 0 Å². The number of rotatable bonds is 10. The summed E-state index contributed by atoms with van der Waals surface area (Å²) in [4.78, 5) is 0. The Morgan fingerprint density at radius 1 is 0.718 bits per heavy atom. The molecule has 1 unspecified atom stereocenters. The Morgan fingerprint density at radius 2 is 1.26 bits per heavy atom. The Morgan fingerprint density at radius 3 is 1.82 bits per heavy atom. The van der Waals surface area contributed by atoms with Crippen molar-refractivity contribution in [2.45, 2.75) is 94.4 Å². The Bertz CT molecular complexity index is 1150. The molecule has 0 heteroatoms. The molecule has 2 rings (SSSR count). The average molecular weight is 523 g/mol. The summed E-state index contributed by atoms with van der Waals surface area (Å²) in [5, 5.41) is 0. The van der Waals surface area contributed by atoms with E-state index in [1.54, 1.807) is 5.57 Å². The Labute approximate surface area is 241 Å². The van der Waals surface area contributed by atoms with Crippen LogP contribution >= 0.6 is 0 Å². The van der Waals surface area contributed by atoms with E-state index >= 15 is 0 Å². The van der Waals surface area contributed by atoms with Gasteiger partial charge in [-0.05, 0) is 83.1 Å². The van der Waals surface area contributed by atoms with Crippen LogP contribution in [-0.2, 0) is 0 Å². The second kappa shape index (κ2) is 15.7. The summed E-state index contributed by atoms with van der Waals surface area (Å²) in [6, 6.07) is 0. The van der Waals surface area contributed by atoms with E-state index in [2.05, 4.69) is 160 Å². The second-order valence-electron chi connectivity index (χ2n) is 12.9. The molecule has 2 aliphatic carbocycles. The van der Waals surface area contributed by atoms with Crippen LogP contribution in [0.4, 0.5) is 0 Å². The molecule has 0 heterocycles. The van der Waals surface area contributed by atoms with Crippen molar-refractivity contribution < 1.29 is 0 Å². The van der Waals surface area contributed by atoms with Gasteiger partial charge in [-0.3, -0.25) is 0 Å². The molecule has 0 radical (unpaired) electrons. The fourth-order valence-corrected chi connectivity index (χ4v) is 5.27. The molecule has 1 atom stereocenters. The number of hydrogen-bond acceptors (Lipinski definition) is 0. The van der Waals surface area contributed by atoms with E-state index < -0.39 is 0 Å². The first kappa shape index (κ1) is 32.4. The molecule has 0 saturated heterocycles. The number of allylic oxidation sites excluding steroid dienone is 22. The largest absolute Gasteiger partial charge is 0.0879 e. The molecule has 0 saturated carbocycles. The van der Waals surface area contributed by atoms with E-state index in [1.165, 1.54) is 60.0 Å². The molecule has 0 aromatic rings. The van der Waals surface area contributed by atoms with Gasteiger partial charge in [0.05, 0.1) is 0 Å². The van der Waals surface area contributed by atoms with Gasteiger partial charge in [-0.1, -0.05) is 153 Å². The van der Waals surface area contributed by atoms with Crippen LogP contribution in [0.25, 0.3) is 0 Å². The van der Waals surface area contributed by atoms with Crippen LogP contribution in [-0.4, -0.2) is 0 Å². The first-order valence-corrected chi connectivity index (χ1v) is 14.9. The first-order valence-electron chi connectivity index (χ1n) is 14.9. The maximum atomic E-state index is 2.37. The SMILES string of the molecule is CC(C=CC=C(C)C=CC1=C(C)CCCC1(C)C)=CC=CC=C(C)C=CC=C(C)C=CC1C=CCCC1(C)C. The van der Waals surface area contributed by atoms with Crippen molar-refractivity contribution in [3.8, 4) is 0 Å². The van der Waals surface area contributed by atoms with E-state index in [1.807, 2.05) is 0 Å². The van der Waals surface area contributed by atoms with Crippen molar-refractivity contribution in [2.75, 3.05) is 0 Å². The molecule has 39 heavy (non-hydrogen) atoms. The van der Waals surface area contributed by atoms with Crippen molar-refractivity contribution in [3.63, 3.8) is 0 Å². The third kappa shape index (κ3) is 11.8. The third-order valence-corrected chi connectivity index (χ3v) is 8.09. The van der Waals surface area contributed by atoms with Gasteiger partial charge >= 0.3 is 0 Å². The van der Waals surface area contributed by atoms with Gasteiger partial charge in [0.25, 0.3) is 0 Å². The smallest absolute Gasteiger partial charge is 0.000109 e. The quantitative estimate of drug-likeness (QED) is 0.198. The third-order valence-electron chi connectivity index (χ3n) is 8.09. The lowest BCUT2D eigenvalue weighted by atomic mass is 9.72. The van der Waals surface area contributed by atoms with Gasteiger partial charge in [0, 0.05) is 5.92 Å². The van der Waals surface area contributed by atoms with Gasteiger partial charge in [0.15, 0.2) is 0 Å². The maximum Gasteiger partial charge on any atom is 0.000109 e. The van der Waals surface area contributed by atoms with E-state index in [-0.39, 0.29) is 0 Å². The topological polar surface area (TPSA) is 0 Å². The molecule has 0 nitrogen and oxygen atoms in total. The second-order valence-corrected chi connectivity index (χ2v) is 12.9. The van der Waals surface area contributed by atoms with Crippen molar-refractivity contribution in [3.05, 3.63) is 131 Å². The van der Waals surface area contributed by atoms with Gasteiger partial charge in [-0.15, -0.1) is 0 Å². The van der Waals surface area contributed by atoms with E-state index in [0.717, 1.165) is 0 Å². The minimum absolute atomic E-state index is 0.292. The summed E-state index contributed by atoms with van der Waals surface area (Å²) in [7, 11) is 0. The summed E-state index contributed by atoms with van der Waals surface area (Å²) < 4.78 is 0. The first-order chi connectivity index (χ1) is 18.4. The van der Waals surface area contributed by atoms with Gasteiger partial charge < -0.3 is 0 Å². The Kier molecular flexibility index (Phi) is 13.0. The standard InChI is InChI=1S/C39H54/c1-31(19-14-21-33(3)25-27-36-24-12-13-29-38(36,6)7)17-10-11-18-32(2)20-15-22-34(4)26-28-37-35(5)23-16-30-39(37,8)9/h10-12,14-15,17-22,24-28,36H,13,16,23,29-30H2,1-9H3. The zero-order valence-electron chi connectivity index (χ0n) is 26.4. The molecular formula is C39H54. The summed E-state index contributed by atoms with van der Waals surface area (Å²) in [6.07, 6.45) is 41.7. The highest BCUT2D eigenvalue weighted by Crippen LogP contribution is 2.41. The van der Waals surface area contributed by atoms with Crippen molar-refractivity contribution in [1.29, 1.82) is 0 Å². The zero-order valence-corrected chi connectivity index (χ0v) is 26.4. The average Bonchev–Trinajstić information content (AvgIpc) is 2.85. The normalized spacial score (nSPS) is 23.6. The van der Waals surface area contributed by atoms with Crippen LogP contribution in [0.15, 0.2) is 131 Å². The van der Waals surface area contributed by atoms with Crippen LogP contribution in [0.2, 0.25) is 0 Å². The highest BCUT2D eigenvalue weighted by molar-refractivity contribution is 5.37. The molecule has 0 aromatic heterocycles. The minimum Gasteiger partial charge on any atom is -0.0879 e. The minimum atomic E-state index is 0.292. The molecule has 210 valence electrons. The van der Waals surface area contributed by atoms with E-state index in [9.17, 15) is 0 Å². The van der Waals surface area contributed by atoms with E-state index in [0.29, 0.717) is 16.7 Å². The van der Waals surface area contributed by atoms with Gasteiger partial charge in [0.2, 0.25) is 0 Å². The lowest BCUT2D eigenvalue weighted by Crippen LogP contribution is -2.23. The lowest BCUT2D eigenvalue weighted by molar-refractivity contribution is 0.268. The van der Waals surface area contributed by atoms with Crippen molar-refractivity contribution >= 4 is 0 Å². The highest BCUT2D eigenvalue weighted by atomic mass is 14.3. The lowest BCUT2D eigenvalue weighted by Gasteiger charge is -2.33. The fraction of sp³-hybridized carbons (Fsp3) is 0.436. The van der Waals surface area contributed by atoms with Crippen molar-refractivity contribution in [1.82, 2.24) is 0 Å². The van der Waals surface area contributed by atoms with Crippen molar-refractivity contribution in [2.24, 2.45) is 16.7 Å². The molecule has 0 aliphatic heterocycles. The molecule has 0 N–H and O–H groups in total. The van der Waals surface area contributed by atoms with E-state index in [4.69, 9.17) is 0 Å². The predicted molar refractivity (Wildman–Crippen MR) is 177 cm³/mol. The monoisotopic (exact) mass is 522 g/mol.